The van der Waals surface area contributed by atoms with Crippen LogP contribution < -0.4 is 0 Å². The van der Waals surface area contributed by atoms with Gasteiger partial charge in [0.2, 0.25) is 0 Å². The third kappa shape index (κ3) is 8.61. The average molecular weight is 617 g/mol. The van der Waals surface area contributed by atoms with Crippen LogP contribution in [0.25, 0.3) is 5.76 Å². The highest BCUT2D eigenvalue weighted by atomic mass is 35.5. The average Bonchev–Trinajstić information content (AvgIpc) is 3.14. The molecule has 2 aliphatic heterocycles. The zero-order valence-corrected chi connectivity index (χ0v) is 25.0. The van der Waals surface area contributed by atoms with Gasteiger partial charge in [-0.1, -0.05) is 42.7 Å². The van der Waals surface area contributed by atoms with Crippen LogP contribution in [0.1, 0.15) is 76.3 Å². The van der Waals surface area contributed by atoms with Crippen LogP contribution in [-0.2, 0) is 19.0 Å². The first-order valence-electron chi connectivity index (χ1n) is 13.7. The standard InChI is InChI=1S/C29H36ClF3N2O5S/c1-4-26(40-41(37,38)29(31,32)33)25-19-22(30)12-13-23(25)24(27-20(3)9-6-7-16-34-27)11-8-10-21-14-17-35(18-15-21)28(36)39-5-2/h4,7,9,12-13,16,19,21,24H,5-6,8,10-11,14-15,17-18H2,1-3H3/b26-4+. The molecule has 2 heterocycles. The maximum absolute atomic E-state index is 13.2. The molecule has 1 fully saturated rings. The van der Waals surface area contributed by atoms with Gasteiger partial charge in [-0.3, -0.25) is 4.99 Å². The van der Waals surface area contributed by atoms with Crippen molar-refractivity contribution in [2.75, 3.05) is 19.7 Å². The van der Waals surface area contributed by atoms with E-state index in [0.717, 1.165) is 37.0 Å². The molecule has 0 radical (unpaired) electrons. The number of nitrogens with zero attached hydrogens (tertiary/aromatic N) is 2. The van der Waals surface area contributed by atoms with Crippen LogP contribution in [0.3, 0.4) is 0 Å². The minimum absolute atomic E-state index is 0.157. The maximum atomic E-state index is 13.2. The number of allylic oxidation sites excluding steroid dienone is 4. The molecule has 0 aliphatic carbocycles. The molecule has 12 heteroatoms. The highest BCUT2D eigenvalue weighted by Crippen LogP contribution is 2.38. The summed E-state index contributed by atoms with van der Waals surface area (Å²) < 4.78 is 73.1. The van der Waals surface area contributed by atoms with E-state index < -0.39 is 21.4 Å². The molecule has 0 aromatic heterocycles. The number of rotatable bonds is 10. The van der Waals surface area contributed by atoms with Gasteiger partial charge < -0.3 is 13.8 Å². The van der Waals surface area contributed by atoms with Crippen molar-refractivity contribution in [2.45, 2.75) is 70.7 Å². The first kappa shape index (κ1) is 32.7. The van der Waals surface area contributed by atoms with Crippen molar-refractivity contribution in [2.24, 2.45) is 10.9 Å². The second-order valence-electron chi connectivity index (χ2n) is 10.0. The Morgan fingerprint density at radius 2 is 1.98 bits per heavy atom. The van der Waals surface area contributed by atoms with E-state index in [2.05, 4.69) is 9.18 Å². The Balaban J connectivity index is 1.89. The molecule has 1 atom stereocenters. The number of ether oxygens (including phenoxy) is 1. The molecule has 1 aromatic rings. The molecule has 0 saturated carbocycles. The van der Waals surface area contributed by atoms with Crippen molar-refractivity contribution in [1.82, 2.24) is 4.90 Å². The molecule has 0 N–H and O–H groups in total. The summed E-state index contributed by atoms with van der Waals surface area (Å²) in [7, 11) is -5.90. The van der Waals surface area contributed by atoms with E-state index in [4.69, 9.17) is 16.3 Å². The lowest BCUT2D eigenvalue weighted by Gasteiger charge is -2.31. The summed E-state index contributed by atoms with van der Waals surface area (Å²) in [5.41, 5.74) is -3.19. The van der Waals surface area contributed by atoms with Gasteiger partial charge in [-0.05, 0) is 81.7 Å². The Morgan fingerprint density at radius 1 is 1.27 bits per heavy atom. The lowest BCUT2D eigenvalue weighted by Crippen LogP contribution is -2.38. The Labute approximate surface area is 244 Å². The predicted octanol–water partition coefficient (Wildman–Crippen LogP) is 7.99. The van der Waals surface area contributed by atoms with E-state index in [1.165, 1.54) is 19.1 Å². The van der Waals surface area contributed by atoms with Crippen LogP contribution in [0, 0.1) is 5.92 Å². The number of halogens is 4. The third-order valence-electron chi connectivity index (χ3n) is 7.26. The molecular weight excluding hydrogens is 581 g/mol. The van der Waals surface area contributed by atoms with E-state index in [9.17, 15) is 26.4 Å². The zero-order chi connectivity index (χ0) is 30.2. The van der Waals surface area contributed by atoms with Gasteiger partial charge in [-0.2, -0.15) is 21.6 Å². The molecule has 0 spiro atoms. The fourth-order valence-corrected chi connectivity index (χ4v) is 5.83. The van der Waals surface area contributed by atoms with Gasteiger partial charge in [-0.15, -0.1) is 0 Å². The van der Waals surface area contributed by atoms with Gasteiger partial charge in [0.15, 0.2) is 0 Å². The van der Waals surface area contributed by atoms with E-state index in [-0.39, 0.29) is 22.6 Å². The molecule has 226 valence electrons. The summed E-state index contributed by atoms with van der Waals surface area (Å²) in [5.74, 6) is -0.416. The quantitative estimate of drug-likeness (QED) is 0.151. The topological polar surface area (TPSA) is 85.3 Å². The second kappa shape index (κ2) is 14.4. The summed E-state index contributed by atoms with van der Waals surface area (Å²) in [6.45, 7) is 6.70. The Kier molecular flexibility index (Phi) is 11.5. The summed E-state index contributed by atoms with van der Waals surface area (Å²) in [6.07, 6.45) is 11.2. The number of aliphatic imine (C=N–C) groups is 1. The van der Waals surface area contributed by atoms with E-state index >= 15 is 0 Å². The summed E-state index contributed by atoms with van der Waals surface area (Å²) in [5, 5.41) is 0.221. The first-order chi connectivity index (χ1) is 19.4. The fraction of sp³-hybridized carbons (Fsp3) is 0.517. The largest absolute Gasteiger partial charge is 0.534 e. The lowest BCUT2D eigenvalue weighted by molar-refractivity contribution is -0.0509. The van der Waals surface area contributed by atoms with Crippen LogP contribution in [0.5, 0.6) is 0 Å². The Bertz CT molecular complexity index is 1310. The third-order valence-corrected chi connectivity index (χ3v) is 8.46. The van der Waals surface area contributed by atoms with Gasteiger partial charge in [0.1, 0.15) is 5.76 Å². The molecule has 7 nitrogen and oxygen atoms in total. The molecule has 2 aliphatic rings. The Morgan fingerprint density at radius 3 is 2.61 bits per heavy atom. The molecule has 1 aromatic carbocycles. The van der Waals surface area contributed by atoms with E-state index in [1.54, 1.807) is 30.2 Å². The second-order valence-corrected chi connectivity index (χ2v) is 12.0. The first-order valence-corrected chi connectivity index (χ1v) is 15.4. The van der Waals surface area contributed by atoms with Crippen LogP contribution in [0.15, 0.2) is 53.2 Å². The monoisotopic (exact) mass is 616 g/mol. The van der Waals surface area contributed by atoms with Crippen molar-refractivity contribution >= 4 is 39.3 Å². The van der Waals surface area contributed by atoms with Crippen LogP contribution >= 0.6 is 11.6 Å². The lowest BCUT2D eigenvalue weighted by atomic mass is 9.81. The molecule has 1 unspecified atom stereocenters. The molecule has 0 bridgehead atoms. The van der Waals surface area contributed by atoms with E-state index in [1.807, 2.05) is 19.1 Å². The van der Waals surface area contributed by atoms with Gasteiger partial charge in [0.25, 0.3) is 0 Å². The van der Waals surface area contributed by atoms with Gasteiger partial charge in [0, 0.05) is 35.8 Å². The molecule has 1 saturated heterocycles. The molecule has 1 amide bonds. The van der Waals surface area contributed by atoms with Crippen LogP contribution in [-0.4, -0.2) is 50.3 Å². The van der Waals surface area contributed by atoms with Gasteiger partial charge >= 0.3 is 21.7 Å². The van der Waals surface area contributed by atoms with Gasteiger partial charge in [0.05, 0.1) is 12.3 Å². The highest BCUT2D eigenvalue weighted by molar-refractivity contribution is 7.87. The zero-order valence-electron chi connectivity index (χ0n) is 23.4. The number of piperidine rings is 1. The fourth-order valence-electron chi connectivity index (χ4n) is 5.14. The summed E-state index contributed by atoms with van der Waals surface area (Å²) in [6, 6.07) is 4.73. The summed E-state index contributed by atoms with van der Waals surface area (Å²) in [4.78, 5) is 18.4. The highest BCUT2D eigenvalue weighted by Gasteiger charge is 2.49. The van der Waals surface area contributed by atoms with Crippen molar-refractivity contribution in [3.8, 4) is 0 Å². The maximum Gasteiger partial charge on any atom is 0.534 e. The number of hydrogen-bond donors (Lipinski definition) is 0. The smallest absolute Gasteiger partial charge is 0.450 e. The van der Waals surface area contributed by atoms with Crippen molar-refractivity contribution in [1.29, 1.82) is 0 Å². The molecule has 41 heavy (non-hydrogen) atoms. The Hall–Kier alpha value is -2.79. The van der Waals surface area contributed by atoms with E-state index in [0.29, 0.717) is 44.0 Å². The molecule has 3 rings (SSSR count). The van der Waals surface area contributed by atoms with Crippen LogP contribution in [0.4, 0.5) is 18.0 Å². The number of benzene rings is 1. The number of carbonyl (C=O) groups is 1. The molecular formula is C29H36ClF3N2O5S. The van der Waals surface area contributed by atoms with Crippen molar-refractivity contribution < 1.29 is 35.3 Å². The number of carbonyl (C=O) groups excluding carboxylic acids is 1. The number of amides is 1. The predicted molar refractivity (Wildman–Crippen MR) is 154 cm³/mol. The normalized spacial score (nSPS) is 17.9. The van der Waals surface area contributed by atoms with Crippen molar-refractivity contribution in [3.05, 3.63) is 64.3 Å². The number of likely N-dealkylation sites (tertiary alicyclic amines) is 1. The van der Waals surface area contributed by atoms with Crippen molar-refractivity contribution in [3.63, 3.8) is 0 Å². The number of hydrogen-bond acceptors (Lipinski definition) is 6. The van der Waals surface area contributed by atoms with Crippen LogP contribution in [0.2, 0.25) is 5.02 Å². The minimum Gasteiger partial charge on any atom is -0.450 e. The number of alkyl halides is 3. The minimum atomic E-state index is -5.90. The SMILES string of the molecule is C/C=C(/OS(=O)(=O)C(F)(F)F)c1cc(Cl)ccc1C(CCCC1CCN(C(=O)OCC)CC1)C1=NC=CCC=C1C. The summed E-state index contributed by atoms with van der Waals surface area (Å²) >= 11 is 6.24. The van der Waals surface area contributed by atoms with Gasteiger partial charge in [-0.25, -0.2) is 4.79 Å².